The van der Waals surface area contributed by atoms with Crippen LogP contribution in [0.15, 0.2) is 29.2 Å². The van der Waals surface area contributed by atoms with Crippen molar-refractivity contribution in [3.63, 3.8) is 0 Å². The first kappa shape index (κ1) is 14.5. The molecule has 1 aliphatic rings. The predicted octanol–water partition coefficient (Wildman–Crippen LogP) is 2.69. The molecule has 1 N–H and O–H groups in total. The summed E-state index contributed by atoms with van der Waals surface area (Å²) in [5.41, 5.74) is 1.09. The summed E-state index contributed by atoms with van der Waals surface area (Å²) in [6, 6.07) is 7.32. The quantitative estimate of drug-likeness (QED) is 0.923. The van der Waals surface area contributed by atoms with E-state index in [1.807, 2.05) is 26.0 Å². The minimum absolute atomic E-state index is 0.102. The Bertz CT molecular complexity index is 505. The van der Waals surface area contributed by atoms with E-state index >= 15 is 0 Å². The van der Waals surface area contributed by atoms with Crippen LogP contribution in [-0.4, -0.2) is 26.3 Å². The molecule has 0 spiro atoms. The summed E-state index contributed by atoms with van der Waals surface area (Å²) in [6.07, 6.45) is 3.87. The largest absolute Gasteiger partial charge is 0.313 e. The maximum atomic E-state index is 12.7. The van der Waals surface area contributed by atoms with Gasteiger partial charge in [0.2, 0.25) is 0 Å². The van der Waals surface area contributed by atoms with Gasteiger partial charge in [-0.2, -0.15) is 0 Å². The van der Waals surface area contributed by atoms with Crippen molar-refractivity contribution in [2.45, 2.75) is 55.7 Å². The highest BCUT2D eigenvalue weighted by molar-refractivity contribution is 7.92. The lowest BCUT2D eigenvalue weighted by molar-refractivity contribution is 0.377. The van der Waals surface area contributed by atoms with Crippen LogP contribution in [0.5, 0.6) is 0 Å². The molecule has 2 unspecified atom stereocenters. The van der Waals surface area contributed by atoms with Gasteiger partial charge in [-0.15, -0.1) is 0 Å². The van der Waals surface area contributed by atoms with Gasteiger partial charge in [-0.25, -0.2) is 8.42 Å². The third-order valence-corrected chi connectivity index (χ3v) is 6.21. The predicted molar refractivity (Wildman–Crippen MR) is 78.1 cm³/mol. The van der Waals surface area contributed by atoms with E-state index in [9.17, 15) is 8.42 Å². The van der Waals surface area contributed by atoms with Gasteiger partial charge in [-0.1, -0.05) is 37.5 Å². The molecule has 0 heterocycles. The molecule has 1 aromatic rings. The zero-order valence-corrected chi connectivity index (χ0v) is 12.5. The van der Waals surface area contributed by atoms with Crippen LogP contribution in [0.25, 0.3) is 0 Å². The Morgan fingerprint density at radius 2 is 1.79 bits per heavy atom. The van der Waals surface area contributed by atoms with Gasteiger partial charge in [0.05, 0.1) is 10.1 Å². The van der Waals surface area contributed by atoms with E-state index in [-0.39, 0.29) is 11.3 Å². The first-order valence-corrected chi connectivity index (χ1v) is 8.64. The van der Waals surface area contributed by atoms with Crippen molar-refractivity contribution in [2.24, 2.45) is 0 Å². The maximum Gasteiger partial charge on any atom is 0.182 e. The van der Waals surface area contributed by atoms with E-state index in [1.165, 1.54) is 0 Å². The average molecular weight is 281 g/mol. The van der Waals surface area contributed by atoms with Crippen molar-refractivity contribution in [2.75, 3.05) is 6.54 Å². The van der Waals surface area contributed by atoms with Gasteiger partial charge in [0.25, 0.3) is 0 Å². The highest BCUT2D eigenvalue weighted by Crippen LogP contribution is 2.29. The third kappa shape index (κ3) is 3.18. The second-order valence-corrected chi connectivity index (χ2v) is 7.51. The van der Waals surface area contributed by atoms with Crippen molar-refractivity contribution in [3.8, 4) is 0 Å². The van der Waals surface area contributed by atoms with Gasteiger partial charge in [0, 0.05) is 6.04 Å². The molecule has 0 amide bonds. The number of benzene rings is 1. The summed E-state index contributed by atoms with van der Waals surface area (Å²) in [7, 11) is -3.21. The molecule has 106 valence electrons. The molecule has 0 aliphatic heterocycles. The second kappa shape index (κ2) is 6.06. The van der Waals surface area contributed by atoms with Gasteiger partial charge in [0.15, 0.2) is 9.84 Å². The Morgan fingerprint density at radius 1 is 1.16 bits per heavy atom. The lowest BCUT2D eigenvalue weighted by Gasteiger charge is -2.31. The van der Waals surface area contributed by atoms with E-state index in [0.717, 1.165) is 37.8 Å². The van der Waals surface area contributed by atoms with E-state index in [1.54, 1.807) is 12.1 Å². The average Bonchev–Trinajstić information content (AvgIpc) is 2.40. The number of hydrogen-bond acceptors (Lipinski definition) is 3. The zero-order chi connectivity index (χ0) is 13.9. The molecule has 3 nitrogen and oxygen atoms in total. The summed E-state index contributed by atoms with van der Waals surface area (Å²) < 4.78 is 25.5. The van der Waals surface area contributed by atoms with E-state index in [0.29, 0.717) is 4.90 Å². The van der Waals surface area contributed by atoms with Crippen LogP contribution in [-0.2, 0) is 9.84 Å². The molecule has 0 radical (unpaired) electrons. The minimum Gasteiger partial charge on any atom is -0.313 e. The number of sulfone groups is 1. The van der Waals surface area contributed by atoms with Gasteiger partial charge in [0.1, 0.15) is 0 Å². The van der Waals surface area contributed by atoms with Gasteiger partial charge in [-0.3, -0.25) is 0 Å². The van der Waals surface area contributed by atoms with Gasteiger partial charge in [-0.05, 0) is 38.4 Å². The summed E-state index contributed by atoms with van der Waals surface area (Å²) in [5.74, 6) is 0. The Labute approximate surface area is 116 Å². The van der Waals surface area contributed by atoms with Crippen molar-refractivity contribution < 1.29 is 8.42 Å². The van der Waals surface area contributed by atoms with Crippen LogP contribution < -0.4 is 5.32 Å². The van der Waals surface area contributed by atoms with E-state index in [2.05, 4.69) is 5.32 Å². The fraction of sp³-hybridized carbons (Fsp3) is 0.600. The van der Waals surface area contributed by atoms with E-state index < -0.39 is 9.84 Å². The number of nitrogens with one attached hydrogen (secondary N) is 1. The van der Waals surface area contributed by atoms with Crippen molar-refractivity contribution in [1.82, 2.24) is 5.32 Å². The van der Waals surface area contributed by atoms with E-state index in [4.69, 9.17) is 0 Å². The van der Waals surface area contributed by atoms with Crippen LogP contribution in [0.3, 0.4) is 0 Å². The summed E-state index contributed by atoms with van der Waals surface area (Å²) >= 11 is 0. The SMILES string of the molecule is CCNC1CCCCC1S(=O)(=O)c1ccc(C)cc1. The first-order chi connectivity index (χ1) is 9.05. The third-order valence-electron chi connectivity index (χ3n) is 3.92. The van der Waals surface area contributed by atoms with Crippen molar-refractivity contribution >= 4 is 9.84 Å². The minimum atomic E-state index is -3.21. The first-order valence-electron chi connectivity index (χ1n) is 7.09. The molecule has 2 atom stereocenters. The second-order valence-electron chi connectivity index (χ2n) is 5.35. The topological polar surface area (TPSA) is 46.2 Å². The summed E-state index contributed by atoms with van der Waals surface area (Å²) in [4.78, 5) is 0.466. The molecule has 1 aliphatic carbocycles. The molecule has 1 aromatic carbocycles. The van der Waals surface area contributed by atoms with Crippen LogP contribution in [0.4, 0.5) is 0 Å². The van der Waals surface area contributed by atoms with Crippen LogP contribution in [0.1, 0.15) is 38.2 Å². The number of rotatable bonds is 4. The molecule has 1 saturated carbocycles. The fourth-order valence-electron chi connectivity index (χ4n) is 2.87. The van der Waals surface area contributed by atoms with Crippen LogP contribution >= 0.6 is 0 Å². The standard InChI is InChI=1S/C15H23NO2S/c1-3-16-14-6-4-5-7-15(14)19(17,18)13-10-8-12(2)9-11-13/h8-11,14-16H,3-7H2,1-2H3. The molecule has 4 heteroatoms. The monoisotopic (exact) mass is 281 g/mol. The molecule has 1 fully saturated rings. The number of hydrogen-bond donors (Lipinski definition) is 1. The van der Waals surface area contributed by atoms with Crippen molar-refractivity contribution in [1.29, 1.82) is 0 Å². The molecular formula is C15H23NO2S. The summed E-state index contributed by atoms with van der Waals surface area (Å²) in [6.45, 7) is 4.83. The Hall–Kier alpha value is -0.870. The molecule has 19 heavy (non-hydrogen) atoms. The fourth-order valence-corrected chi connectivity index (χ4v) is 4.87. The molecule has 0 aromatic heterocycles. The smallest absolute Gasteiger partial charge is 0.182 e. The summed E-state index contributed by atoms with van der Waals surface area (Å²) in [5, 5.41) is 3.07. The van der Waals surface area contributed by atoms with Crippen LogP contribution in [0, 0.1) is 6.92 Å². The Kier molecular flexibility index (Phi) is 4.63. The molecule has 0 saturated heterocycles. The van der Waals surface area contributed by atoms with Crippen LogP contribution in [0.2, 0.25) is 0 Å². The Morgan fingerprint density at radius 3 is 2.42 bits per heavy atom. The highest BCUT2D eigenvalue weighted by atomic mass is 32.2. The lowest BCUT2D eigenvalue weighted by Crippen LogP contribution is -2.46. The maximum absolute atomic E-state index is 12.7. The van der Waals surface area contributed by atoms with Gasteiger partial charge >= 0.3 is 0 Å². The number of aryl methyl sites for hydroxylation is 1. The highest BCUT2D eigenvalue weighted by Gasteiger charge is 2.35. The Balaban J connectivity index is 2.28. The van der Waals surface area contributed by atoms with Gasteiger partial charge < -0.3 is 5.32 Å². The molecular weight excluding hydrogens is 258 g/mol. The lowest BCUT2D eigenvalue weighted by atomic mass is 9.95. The van der Waals surface area contributed by atoms with Crippen molar-refractivity contribution in [3.05, 3.63) is 29.8 Å². The molecule has 2 rings (SSSR count). The normalized spacial score (nSPS) is 24.3. The zero-order valence-electron chi connectivity index (χ0n) is 11.7. The molecule has 0 bridgehead atoms.